The summed E-state index contributed by atoms with van der Waals surface area (Å²) >= 11 is 0. The van der Waals surface area contributed by atoms with Crippen molar-refractivity contribution < 1.29 is 18.0 Å². The molecule has 0 heterocycles. The molecule has 3 N–H and O–H groups in total. The Morgan fingerprint density at radius 2 is 2.11 bits per heavy atom. The number of halogens is 3. The minimum Gasteiger partial charge on any atom is -0.368 e. The van der Waals surface area contributed by atoms with Gasteiger partial charge in [-0.05, 0) is 40.2 Å². The predicted octanol–water partition coefficient (Wildman–Crippen LogP) is 1.26. The van der Waals surface area contributed by atoms with E-state index in [1.54, 1.807) is 20.9 Å². The molecule has 1 fully saturated rings. The van der Waals surface area contributed by atoms with Crippen LogP contribution in [0.15, 0.2) is 0 Å². The molecule has 0 aromatic heterocycles. The van der Waals surface area contributed by atoms with Gasteiger partial charge in [0.1, 0.15) is 0 Å². The summed E-state index contributed by atoms with van der Waals surface area (Å²) in [7, 11) is 1.62. The van der Waals surface area contributed by atoms with E-state index in [1.807, 2.05) is 0 Å². The van der Waals surface area contributed by atoms with Crippen molar-refractivity contribution in [2.45, 2.75) is 56.9 Å². The zero-order chi connectivity index (χ0) is 14.8. The molecule has 1 aliphatic rings. The number of carbonyl (C=O) groups excluding carboxylic acids is 1. The number of hydrogen-bond donors (Lipinski definition) is 2. The first kappa shape index (κ1) is 16.2. The first-order valence-corrected chi connectivity index (χ1v) is 6.42. The standard InChI is InChI=1S/C12H22F3N3O/c1-8(2)18(7-12(13,14)15)9-4-5-11(6-9,17-3)10(16)19/h8-9,17H,4-7H2,1-3H3,(H2,16,19). The third-order valence-electron chi connectivity index (χ3n) is 3.93. The van der Waals surface area contributed by atoms with Gasteiger partial charge in [0.2, 0.25) is 5.91 Å². The van der Waals surface area contributed by atoms with Crippen LogP contribution in [0.3, 0.4) is 0 Å². The van der Waals surface area contributed by atoms with Crippen LogP contribution in [0.25, 0.3) is 0 Å². The lowest BCUT2D eigenvalue weighted by atomic mass is 9.96. The Labute approximate surface area is 111 Å². The SMILES string of the molecule is CNC1(C(N)=O)CCC(N(CC(F)(F)F)C(C)C)C1. The molecule has 0 aliphatic heterocycles. The van der Waals surface area contributed by atoms with Crippen LogP contribution in [0.2, 0.25) is 0 Å². The van der Waals surface area contributed by atoms with Crippen molar-refractivity contribution in [1.82, 2.24) is 10.2 Å². The minimum absolute atomic E-state index is 0.229. The average molecular weight is 281 g/mol. The molecule has 1 rings (SSSR count). The number of alkyl halides is 3. The summed E-state index contributed by atoms with van der Waals surface area (Å²) in [4.78, 5) is 12.9. The monoisotopic (exact) mass is 281 g/mol. The van der Waals surface area contributed by atoms with Gasteiger partial charge in [-0.2, -0.15) is 13.2 Å². The van der Waals surface area contributed by atoms with Gasteiger partial charge in [-0.15, -0.1) is 0 Å². The molecule has 0 aromatic rings. The Bertz CT molecular complexity index is 333. The highest BCUT2D eigenvalue weighted by Gasteiger charge is 2.46. The van der Waals surface area contributed by atoms with E-state index in [1.165, 1.54) is 4.90 Å². The highest BCUT2D eigenvalue weighted by Crippen LogP contribution is 2.35. The van der Waals surface area contributed by atoms with E-state index in [2.05, 4.69) is 5.32 Å². The molecule has 0 aromatic carbocycles. The third-order valence-corrected chi connectivity index (χ3v) is 3.93. The molecule has 2 atom stereocenters. The molecule has 112 valence electrons. The van der Waals surface area contributed by atoms with E-state index < -0.39 is 24.2 Å². The topological polar surface area (TPSA) is 58.4 Å². The Kier molecular flexibility index (Phi) is 4.84. The van der Waals surface area contributed by atoms with Crippen LogP contribution in [0.1, 0.15) is 33.1 Å². The number of nitrogens with one attached hydrogen (secondary N) is 1. The second-order valence-electron chi connectivity index (χ2n) is 5.47. The third kappa shape index (κ3) is 3.82. The van der Waals surface area contributed by atoms with Gasteiger partial charge < -0.3 is 11.1 Å². The number of nitrogens with two attached hydrogens (primary N) is 1. The minimum atomic E-state index is -4.23. The van der Waals surface area contributed by atoms with Crippen LogP contribution in [-0.4, -0.2) is 48.2 Å². The molecule has 2 unspecified atom stereocenters. The maximum absolute atomic E-state index is 12.6. The number of primary amides is 1. The highest BCUT2D eigenvalue weighted by molar-refractivity contribution is 5.85. The Balaban J connectivity index is 2.82. The number of likely N-dealkylation sites (N-methyl/N-ethyl adjacent to an activating group) is 1. The molecule has 1 amide bonds. The maximum atomic E-state index is 12.6. The zero-order valence-electron chi connectivity index (χ0n) is 11.5. The van der Waals surface area contributed by atoms with Gasteiger partial charge in [-0.25, -0.2) is 0 Å². The van der Waals surface area contributed by atoms with Gasteiger partial charge in [-0.1, -0.05) is 0 Å². The summed E-state index contributed by atoms with van der Waals surface area (Å²) in [5.41, 5.74) is 4.50. The van der Waals surface area contributed by atoms with Gasteiger partial charge in [0, 0.05) is 12.1 Å². The molecule has 0 saturated heterocycles. The van der Waals surface area contributed by atoms with Crippen molar-refractivity contribution in [1.29, 1.82) is 0 Å². The van der Waals surface area contributed by atoms with Gasteiger partial charge in [0.25, 0.3) is 0 Å². The van der Waals surface area contributed by atoms with E-state index in [4.69, 9.17) is 5.73 Å². The second-order valence-corrected chi connectivity index (χ2v) is 5.47. The van der Waals surface area contributed by atoms with E-state index >= 15 is 0 Å². The van der Waals surface area contributed by atoms with Crippen LogP contribution in [0.4, 0.5) is 13.2 Å². The quantitative estimate of drug-likeness (QED) is 0.797. The Hall–Kier alpha value is -0.820. The van der Waals surface area contributed by atoms with Gasteiger partial charge in [-0.3, -0.25) is 9.69 Å². The fourth-order valence-corrected chi connectivity index (χ4v) is 2.82. The normalized spacial score (nSPS) is 28.3. The molecular formula is C12H22F3N3O. The highest BCUT2D eigenvalue weighted by atomic mass is 19.4. The van der Waals surface area contributed by atoms with E-state index in [0.717, 1.165) is 0 Å². The molecule has 7 heteroatoms. The van der Waals surface area contributed by atoms with Crippen molar-refractivity contribution in [3.05, 3.63) is 0 Å². The van der Waals surface area contributed by atoms with Gasteiger partial charge >= 0.3 is 6.18 Å². The molecule has 1 aliphatic carbocycles. The van der Waals surface area contributed by atoms with Crippen molar-refractivity contribution in [2.24, 2.45) is 5.73 Å². The van der Waals surface area contributed by atoms with Crippen LogP contribution >= 0.6 is 0 Å². The van der Waals surface area contributed by atoms with Gasteiger partial charge in [0.05, 0.1) is 12.1 Å². The molecular weight excluding hydrogens is 259 g/mol. The maximum Gasteiger partial charge on any atom is 0.401 e. The van der Waals surface area contributed by atoms with Crippen molar-refractivity contribution >= 4 is 5.91 Å². The van der Waals surface area contributed by atoms with Crippen molar-refractivity contribution in [3.63, 3.8) is 0 Å². The molecule has 0 spiro atoms. The first-order chi connectivity index (χ1) is 8.61. The van der Waals surface area contributed by atoms with Gasteiger partial charge in [0.15, 0.2) is 0 Å². The number of carbonyl (C=O) groups is 1. The number of amides is 1. The van der Waals surface area contributed by atoms with Crippen LogP contribution in [0.5, 0.6) is 0 Å². The van der Waals surface area contributed by atoms with E-state index in [9.17, 15) is 18.0 Å². The molecule has 0 bridgehead atoms. The van der Waals surface area contributed by atoms with Crippen molar-refractivity contribution in [2.75, 3.05) is 13.6 Å². The first-order valence-electron chi connectivity index (χ1n) is 6.42. The summed E-state index contributed by atoms with van der Waals surface area (Å²) in [6.45, 7) is 2.51. The molecule has 19 heavy (non-hydrogen) atoms. The summed E-state index contributed by atoms with van der Waals surface area (Å²) in [5, 5.41) is 2.88. The number of rotatable bonds is 5. The summed E-state index contributed by atoms with van der Waals surface area (Å²) in [6.07, 6.45) is -2.89. The van der Waals surface area contributed by atoms with Crippen LogP contribution < -0.4 is 11.1 Å². The fourth-order valence-electron chi connectivity index (χ4n) is 2.82. The van der Waals surface area contributed by atoms with E-state index in [-0.39, 0.29) is 12.1 Å². The van der Waals surface area contributed by atoms with E-state index in [0.29, 0.717) is 19.3 Å². The molecule has 1 saturated carbocycles. The fraction of sp³-hybridized carbons (Fsp3) is 0.917. The second kappa shape index (κ2) is 5.66. The largest absolute Gasteiger partial charge is 0.401 e. The number of nitrogens with zero attached hydrogens (tertiary/aromatic N) is 1. The average Bonchev–Trinajstić information content (AvgIpc) is 2.69. The summed E-state index contributed by atoms with van der Waals surface area (Å²) in [6, 6.07) is -0.506. The summed E-state index contributed by atoms with van der Waals surface area (Å²) in [5.74, 6) is -0.492. The molecule has 4 nitrogen and oxygen atoms in total. The molecule has 0 radical (unpaired) electrons. The lowest BCUT2D eigenvalue weighted by Gasteiger charge is -2.34. The number of hydrogen-bond acceptors (Lipinski definition) is 3. The van der Waals surface area contributed by atoms with Crippen molar-refractivity contribution in [3.8, 4) is 0 Å². The lowest BCUT2D eigenvalue weighted by Crippen LogP contribution is -2.54. The predicted molar refractivity (Wildman–Crippen MR) is 66.5 cm³/mol. The smallest absolute Gasteiger partial charge is 0.368 e. The zero-order valence-corrected chi connectivity index (χ0v) is 11.5. The summed E-state index contributed by atoms with van der Waals surface area (Å²) < 4.78 is 37.8. The lowest BCUT2D eigenvalue weighted by molar-refractivity contribution is -0.155. The Morgan fingerprint density at radius 3 is 2.42 bits per heavy atom. The van der Waals surface area contributed by atoms with Crippen LogP contribution in [-0.2, 0) is 4.79 Å². The Morgan fingerprint density at radius 1 is 1.53 bits per heavy atom. The van der Waals surface area contributed by atoms with Crippen LogP contribution in [0, 0.1) is 0 Å².